The number of nitrogens with zero attached hydrogens (tertiary/aromatic N) is 1. The second-order valence-corrected chi connectivity index (χ2v) is 10.5. The van der Waals surface area contributed by atoms with Gasteiger partial charge in [0.25, 0.3) is 0 Å². The third-order valence-electron chi connectivity index (χ3n) is 5.61. The summed E-state index contributed by atoms with van der Waals surface area (Å²) in [4.78, 5) is 13.3. The number of hydrogen-bond donors (Lipinski definition) is 1. The molecular weight excluding hydrogens is 499 g/mol. The molecule has 0 unspecified atom stereocenters. The minimum absolute atomic E-state index is 0.00415. The summed E-state index contributed by atoms with van der Waals surface area (Å²) in [5.41, 5.74) is 2.27. The molecule has 5 nitrogen and oxygen atoms in total. The molecule has 0 saturated carbocycles. The van der Waals surface area contributed by atoms with E-state index in [0.717, 1.165) is 15.4 Å². The molecule has 0 atom stereocenters. The first kappa shape index (κ1) is 25.6. The Kier molecular flexibility index (Phi) is 8.15. The van der Waals surface area contributed by atoms with Crippen LogP contribution in [0.25, 0.3) is 0 Å². The number of sulfonamides is 1. The Bertz CT molecular complexity index is 1360. The van der Waals surface area contributed by atoms with E-state index in [1.807, 2.05) is 60.7 Å². The smallest absolute Gasteiger partial charge is 0.243 e. The Hall–Kier alpha value is -3.52. The summed E-state index contributed by atoms with van der Waals surface area (Å²) >= 11 is 5.94. The quantitative estimate of drug-likeness (QED) is 0.312. The highest BCUT2D eigenvalue weighted by atomic mass is 35.5. The number of amides is 1. The van der Waals surface area contributed by atoms with Crippen LogP contribution < -0.4 is 5.32 Å². The third kappa shape index (κ3) is 6.37. The molecule has 0 fully saturated rings. The molecule has 0 saturated heterocycles. The number of nitrogens with one attached hydrogen (secondary N) is 1. The predicted octanol–water partition coefficient (Wildman–Crippen LogP) is 5.58. The van der Waals surface area contributed by atoms with Crippen LogP contribution in [0, 0.1) is 5.82 Å². The number of carbonyl (C=O) groups is 1. The maximum Gasteiger partial charge on any atom is 0.243 e. The molecule has 0 aliphatic heterocycles. The van der Waals surface area contributed by atoms with E-state index in [1.54, 1.807) is 0 Å². The van der Waals surface area contributed by atoms with E-state index in [-0.39, 0.29) is 11.4 Å². The highest BCUT2D eigenvalue weighted by Gasteiger charge is 2.28. The average molecular weight is 523 g/mol. The molecule has 1 N–H and O–H groups in total. The lowest BCUT2D eigenvalue weighted by molar-refractivity contribution is -0.121. The van der Waals surface area contributed by atoms with Gasteiger partial charge in [0.05, 0.1) is 17.5 Å². The summed E-state index contributed by atoms with van der Waals surface area (Å²) in [7, 11) is -4.07. The van der Waals surface area contributed by atoms with E-state index in [9.17, 15) is 17.6 Å². The number of rotatable bonds is 9. The fourth-order valence-corrected chi connectivity index (χ4v) is 5.30. The maximum atomic E-state index is 13.5. The Morgan fingerprint density at radius 3 is 1.86 bits per heavy atom. The molecule has 0 aliphatic rings. The van der Waals surface area contributed by atoms with Gasteiger partial charge in [-0.3, -0.25) is 4.79 Å². The molecule has 4 rings (SSSR count). The van der Waals surface area contributed by atoms with Gasteiger partial charge in [0, 0.05) is 11.6 Å². The standard InChI is InChI=1S/C28H24ClFN2O3S/c29-24-13-17-26(18-14-24)36(34,35)32(19-21-11-15-25(30)16-12-21)20-27(33)31-28(22-7-3-1-4-8-22)23-9-5-2-6-10-23/h1-18,28H,19-20H2,(H,31,33). The summed E-state index contributed by atoms with van der Waals surface area (Å²) < 4.78 is 41.5. The number of benzene rings is 4. The van der Waals surface area contributed by atoms with E-state index in [4.69, 9.17) is 11.6 Å². The fraction of sp³-hybridized carbons (Fsp3) is 0.107. The summed E-state index contributed by atoms with van der Waals surface area (Å²) in [6, 6.07) is 29.7. The van der Waals surface area contributed by atoms with Crippen molar-refractivity contribution in [3.8, 4) is 0 Å². The third-order valence-corrected chi connectivity index (χ3v) is 7.67. The second kappa shape index (κ2) is 11.5. The van der Waals surface area contributed by atoms with E-state index in [2.05, 4.69) is 5.32 Å². The van der Waals surface area contributed by atoms with Gasteiger partial charge < -0.3 is 5.32 Å². The van der Waals surface area contributed by atoms with Crippen molar-refractivity contribution in [2.24, 2.45) is 0 Å². The van der Waals surface area contributed by atoms with Crippen LogP contribution in [-0.2, 0) is 21.4 Å². The van der Waals surface area contributed by atoms with Crippen molar-refractivity contribution < 1.29 is 17.6 Å². The molecule has 4 aromatic rings. The zero-order chi connectivity index (χ0) is 25.5. The molecule has 0 radical (unpaired) electrons. The lowest BCUT2D eigenvalue weighted by atomic mass is 9.99. The van der Waals surface area contributed by atoms with Crippen molar-refractivity contribution in [1.29, 1.82) is 0 Å². The topological polar surface area (TPSA) is 66.5 Å². The first-order valence-corrected chi connectivity index (χ1v) is 13.0. The van der Waals surface area contributed by atoms with Crippen LogP contribution in [0.5, 0.6) is 0 Å². The Balaban J connectivity index is 1.63. The monoisotopic (exact) mass is 522 g/mol. The number of halogens is 2. The largest absolute Gasteiger partial charge is 0.344 e. The Morgan fingerprint density at radius 2 is 1.33 bits per heavy atom. The van der Waals surface area contributed by atoms with Crippen molar-refractivity contribution in [3.05, 3.63) is 137 Å². The lowest BCUT2D eigenvalue weighted by Gasteiger charge is -2.25. The predicted molar refractivity (Wildman–Crippen MR) is 138 cm³/mol. The van der Waals surface area contributed by atoms with Gasteiger partial charge in [0.15, 0.2) is 0 Å². The van der Waals surface area contributed by atoms with Crippen LogP contribution in [0.15, 0.2) is 114 Å². The molecule has 0 aromatic heterocycles. The van der Waals surface area contributed by atoms with E-state index in [1.165, 1.54) is 48.5 Å². The highest BCUT2D eigenvalue weighted by Crippen LogP contribution is 2.23. The zero-order valence-corrected chi connectivity index (χ0v) is 20.8. The number of carbonyl (C=O) groups excluding carboxylic acids is 1. The van der Waals surface area contributed by atoms with Crippen LogP contribution >= 0.6 is 11.6 Å². The van der Waals surface area contributed by atoms with E-state index >= 15 is 0 Å². The summed E-state index contributed by atoms with van der Waals surface area (Å²) in [5.74, 6) is -0.912. The summed E-state index contributed by atoms with van der Waals surface area (Å²) in [6.45, 7) is -0.543. The van der Waals surface area contributed by atoms with E-state index in [0.29, 0.717) is 10.6 Å². The van der Waals surface area contributed by atoms with Gasteiger partial charge in [-0.05, 0) is 53.1 Å². The lowest BCUT2D eigenvalue weighted by Crippen LogP contribution is -2.41. The molecule has 0 aliphatic carbocycles. The van der Waals surface area contributed by atoms with Gasteiger partial charge in [-0.1, -0.05) is 84.4 Å². The molecule has 0 bridgehead atoms. The van der Waals surface area contributed by atoms with Gasteiger partial charge >= 0.3 is 0 Å². The zero-order valence-electron chi connectivity index (χ0n) is 19.2. The van der Waals surface area contributed by atoms with Crippen molar-refractivity contribution in [2.75, 3.05) is 6.54 Å². The second-order valence-electron chi connectivity index (χ2n) is 8.18. The van der Waals surface area contributed by atoms with Crippen LogP contribution in [0.1, 0.15) is 22.7 Å². The summed E-state index contributed by atoms with van der Waals surface area (Å²) in [6.07, 6.45) is 0. The average Bonchev–Trinajstić information content (AvgIpc) is 2.89. The molecule has 4 aromatic carbocycles. The molecular formula is C28H24ClFN2O3S. The fourth-order valence-electron chi connectivity index (χ4n) is 3.79. The molecule has 36 heavy (non-hydrogen) atoms. The van der Waals surface area contributed by atoms with Gasteiger partial charge in [-0.15, -0.1) is 0 Å². The van der Waals surface area contributed by atoms with Crippen LogP contribution in [-0.4, -0.2) is 25.2 Å². The normalized spacial score (nSPS) is 11.6. The van der Waals surface area contributed by atoms with Crippen molar-refractivity contribution in [2.45, 2.75) is 17.5 Å². The highest BCUT2D eigenvalue weighted by molar-refractivity contribution is 7.89. The molecule has 0 heterocycles. The molecule has 0 spiro atoms. The Morgan fingerprint density at radius 1 is 0.806 bits per heavy atom. The number of hydrogen-bond acceptors (Lipinski definition) is 3. The Labute approximate surface area is 215 Å². The molecule has 8 heteroatoms. The first-order valence-electron chi connectivity index (χ1n) is 11.2. The van der Waals surface area contributed by atoms with Gasteiger partial charge in [0.2, 0.25) is 15.9 Å². The van der Waals surface area contributed by atoms with Gasteiger partial charge in [0.1, 0.15) is 5.82 Å². The van der Waals surface area contributed by atoms with Gasteiger partial charge in [-0.2, -0.15) is 4.31 Å². The maximum absolute atomic E-state index is 13.5. The van der Waals surface area contributed by atoms with Crippen LogP contribution in [0.2, 0.25) is 5.02 Å². The van der Waals surface area contributed by atoms with Crippen molar-refractivity contribution >= 4 is 27.5 Å². The van der Waals surface area contributed by atoms with Gasteiger partial charge in [-0.25, -0.2) is 12.8 Å². The van der Waals surface area contributed by atoms with Crippen LogP contribution in [0.4, 0.5) is 4.39 Å². The van der Waals surface area contributed by atoms with Crippen LogP contribution in [0.3, 0.4) is 0 Å². The van der Waals surface area contributed by atoms with Crippen molar-refractivity contribution in [1.82, 2.24) is 9.62 Å². The minimum Gasteiger partial charge on any atom is -0.344 e. The SMILES string of the molecule is O=C(CN(Cc1ccc(F)cc1)S(=O)(=O)c1ccc(Cl)cc1)NC(c1ccccc1)c1ccccc1. The molecule has 184 valence electrons. The van der Waals surface area contributed by atoms with E-state index < -0.39 is 34.3 Å². The minimum atomic E-state index is -4.07. The van der Waals surface area contributed by atoms with Crippen molar-refractivity contribution in [3.63, 3.8) is 0 Å². The first-order chi connectivity index (χ1) is 17.3. The summed E-state index contributed by atoms with van der Waals surface area (Å²) in [5, 5.41) is 3.38. The molecule has 1 amide bonds.